The highest BCUT2D eigenvalue weighted by Gasteiger charge is 2.30. The smallest absolute Gasteiger partial charge is 0.410 e. The molecule has 0 bridgehead atoms. The zero-order valence-electron chi connectivity index (χ0n) is 22.1. The van der Waals surface area contributed by atoms with Crippen LogP contribution in [0.4, 0.5) is 9.59 Å². The summed E-state index contributed by atoms with van der Waals surface area (Å²) in [6.45, 7) is 13.2. The molecule has 0 aromatic heterocycles. The summed E-state index contributed by atoms with van der Waals surface area (Å²) in [5, 5.41) is 0. The molecular weight excluding hydrogens is 430 g/mol. The number of nitrogens with zero attached hydrogens (tertiary/aromatic N) is 2. The van der Waals surface area contributed by atoms with Crippen molar-refractivity contribution in [1.82, 2.24) is 9.80 Å². The van der Waals surface area contributed by atoms with Crippen molar-refractivity contribution >= 4 is 12.2 Å². The Kier molecular flexibility index (Phi) is 10.2. The Balaban J connectivity index is 2.09. The van der Waals surface area contributed by atoms with Crippen LogP contribution in [0.1, 0.15) is 91.2 Å². The van der Waals surface area contributed by atoms with Crippen molar-refractivity contribution < 1.29 is 19.1 Å². The standard InChI is InChI=1S/C27H45N3O4/c1-26(2,3)33-24(31)29(20-22-15-13-21(19-28)14-16-22)17-10-18-30(23-11-8-7-9-12-23)25(32)34-27(4,5)6/h13-16,23H,7-12,17-20,28H2,1-6H3. The summed E-state index contributed by atoms with van der Waals surface area (Å²) in [6, 6.07) is 8.15. The van der Waals surface area contributed by atoms with Crippen LogP contribution < -0.4 is 5.73 Å². The maximum absolute atomic E-state index is 13.0. The third-order valence-corrected chi connectivity index (χ3v) is 5.75. The van der Waals surface area contributed by atoms with Gasteiger partial charge in [-0.2, -0.15) is 0 Å². The summed E-state index contributed by atoms with van der Waals surface area (Å²) < 4.78 is 11.4. The van der Waals surface area contributed by atoms with Gasteiger partial charge in [0.1, 0.15) is 11.2 Å². The van der Waals surface area contributed by atoms with E-state index in [0.717, 1.165) is 36.8 Å². The topological polar surface area (TPSA) is 85.1 Å². The molecule has 1 aromatic carbocycles. The quantitative estimate of drug-likeness (QED) is 0.510. The van der Waals surface area contributed by atoms with Gasteiger partial charge < -0.3 is 25.0 Å². The minimum atomic E-state index is -0.580. The molecule has 0 saturated heterocycles. The van der Waals surface area contributed by atoms with E-state index in [9.17, 15) is 9.59 Å². The zero-order valence-corrected chi connectivity index (χ0v) is 22.1. The Labute approximate surface area is 205 Å². The lowest BCUT2D eigenvalue weighted by molar-refractivity contribution is 0.00970. The predicted molar refractivity (Wildman–Crippen MR) is 135 cm³/mol. The molecule has 1 fully saturated rings. The molecule has 0 atom stereocenters. The third-order valence-electron chi connectivity index (χ3n) is 5.75. The number of carbonyl (C=O) groups excluding carboxylic acids is 2. The van der Waals surface area contributed by atoms with Crippen molar-refractivity contribution in [2.75, 3.05) is 13.1 Å². The van der Waals surface area contributed by atoms with E-state index in [1.165, 1.54) is 6.42 Å². The second kappa shape index (κ2) is 12.4. The number of amides is 2. The van der Waals surface area contributed by atoms with Gasteiger partial charge in [0.25, 0.3) is 0 Å². The Bertz CT molecular complexity index is 775. The monoisotopic (exact) mass is 475 g/mol. The van der Waals surface area contributed by atoms with Gasteiger partial charge in [0, 0.05) is 32.2 Å². The fraction of sp³-hybridized carbons (Fsp3) is 0.704. The van der Waals surface area contributed by atoms with Crippen molar-refractivity contribution in [3.05, 3.63) is 35.4 Å². The number of ether oxygens (including phenoxy) is 2. The van der Waals surface area contributed by atoms with Gasteiger partial charge in [-0.25, -0.2) is 9.59 Å². The lowest BCUT2D eigenvalue weighted by Crippen LogP contribution is -2.45. The molecule has 2 N–H and O–H groups in total. The maximum atomic E-state index is 13.0. The first-order valence-electron chi connectivity index (χ1n) is 12.6. The van der Waals surface area contributed by atoms with Gasteiger partial charge in [-0.1, -0.05) is 43.5 Å². The maximum Gasteiger partial charge on any atom is 0.410 e. The predicted octanol–water partition coefficient (Wildman–Crippen LogP) is 5.84. The van der Waals surface area contributed by atoms with Crippen LogP contribution in [0.3, 0.4) is 0 Å². The second-order valence-electron chi connectivity index (χ2n) is 11.2. The molecule has 7 nitrogen and oxygen atoms in total. The summed E-state index contributed by atoms with van der Waals surface area (Å²) in [5.41, 5.74) is 6.65. The van der Waals surface area contributed by atoms with Gasteiger partial charge in [-0.05, 0) is 71.9 Å². The van der Waals surface area contributed by atoms with E-state index in [1.807, 2.05) is 70.7 Å². The highest BCUT2D eigenvalue weighted by molar-refractivity contribution is 5.69. The number of nitrogens with two attached hydrogens (primary N) is 1. The van der Waals surface area contributed by atoms with Crippen LogP contribution in [-0.4, -0.2) is 52.3 Å². The van der Waals surface area contributed by atoms with Gasteiger partial charge in [-0.15, -0.1) is 0 Å². The largest absolute Gasteiger partial charge is 0.444 e. The number of benzene rings is 1. The summed E-state index contributed by atoms with van der Waals surface area (Å²) >= 11 is 0. The average molecular weight is 476 g/mol. The van der Waals surface area contributed by atoms with E-state index in [-0.39, 0.29) is 18.2 Å². The molecule has 1 saturated carbocycles. The third kappa shape index (κ3) is 9.92. The van der Waals surface area contributed by atoms with Crippen molar-refractivity contribution in [3.8, 4) is 0 Å². The molecule has 1 aliphatic rings. The molecule has 1 aliphatic carbocycles. The van der Waals surface area contributed by atoms with Crippen molar-refractivity contribution in [2.45, 2.75) is 110 Å². The van der Waals surface area contributed by atoms with E-state index in [2.05, 4.69) is 0 Å². The van der Waals surface area contributed by atoms with E-state index in [1.54, 1.807) is 4.90 Å². The second-order valence-corrected chi connectivity index (χ2v) is 11.2. The van der Waals surface area contributed by atoms with Gasteiger partial charge in [0.2, 0.25) is 0 Å². The minimum Gasteiger partial charge on any atom is -0.444 e. The van der Waals surface area contributed by atoms with Crippen LogP contribution in [0.25, 0.3) is 0 Å². The first-order valence-corrected chi connectivity index (χ1v) is 12.6. The molecule has 0 unspecified atom stereocenters. The fourth-order valence-corrected chi connectivity index (χ4v) is 4.13. The molecule has 0 aliphatic heterocycles. The Morgan fingerprint density at radius 3 is 1.91 bits per heavy atom. The lowest BCUT2D eigenvalue weighted by Gasteiger charge is -2.36. The van der Waals surface area contributed by atoms with Crippen molar-refractivity contribution in [2.24, 2.45) is 5.73 Å². The molecule has 192 valence electrons. The van der Waals surface area contributed by atoms with Gasteiger partial charge in [-0.3, -0.25) is 0 Å². The molecule has 1 aromatic rings. The van der Waals surface area contributed by atoms with Crippen molar-refractivity contribution in [3.63, 3.8) is 0 Å². The summed E-state index contributed by atoms with van der Waals surface area (Å²) in [4.78, 5) is 29.6. The van der Waals surface area contributed by atoms with Crippen LogP contribution in [0, 0.1) is 0 Å². The van der Waals surface area contributed by atoms with Gasteiger partial charge in [0.15, 0.2) is 0 Å². The number of rotatable bonds is 8. The molecule has 0 spiro atoms. The average Bonchev–Trinajstić information content (AvgIpc) is 2.74. The van der Waals surface area contributed by atoms with Gasteiger partial charge in [0.05, 0.1) is 0 Å². The van der Waals surface area contributed by atoms with Crippen LogP contribution in [0.5, 0.6) is 0 Å². The van der Waals surface area contributed by atoms with Crippen LogP contribution in [0.15, 0.2) is 24.3 Å². The van der Waals surface area contributed by atoms with Gasteiger partial charge >= 0.3 is 12.2 Å². The Morgan fingerprint density at radius 1 is 0.853 bits per heavy atom. The highest BCUT2D eigenvalue weighted by atomic mass is 16.6. The summed E-state index contributed by atoms with van der Waals surface area (Å²) in [5.74, 6) is 0. The molecule has 2 rings (SSSR count). The summed E-state index contributed by atoms with van der Waals surface area (Å²) in [6.07, 6.45) is 5.52. The van der Waals surface area contributed by atoms with E-state index < -0.39 is 11.2 Å². The van der Waals surface area contributed by atoms with Crippen LogP contribution in [-0.2, 0) is 22.6 Å². The first-order chi connectivity index (χ1) is 15.9. The molecule has 2 amide bonds. The normalized spacial score (nSPS) is 15.0. The molecular formula is C27H45N3O4. The highest BCUT2D eigenvalue weighted by Crippen LogP contribution is 2.25. The summed E-state index contributed by atoms with van der Waals surface area (Å²) in [7, 11) is 0. The molecule has 34 heavy (non-hydrogen) atoms. The molecule has 0 heterocycles. The zero-order chi connectivity index (χ0) is 25.4. The van der Waals surface area contributed by atoms with E-state index in [4.69, 9.17) is 15.2 Å². The van der Waals surface area contributed by atoms with Crippen LogP contribution >= 0.6 is 0 Å². The van der Waals surface area contributed by atoms with Crippen molar-refractivity contribution in [1.29, 1.82) is 0 Å². The van der Waals surface area contributed by atoms with Crippen LogP contribution in [0.2, 0.25) is 0 Å². The Morgan fingerprint density at radius 2 is 1.38 bits per heavy atom. The Hall–Kier alpha value is -2.28. The fourth-order valence-electron chi connectivity index (χ4n) is 4.13. The number of hydrogen-bond acceptors (Lipinski definition) is 5. The number of carbonyl (C=O) groups is 2. The lowest BCUT2D eigenvalue weighted by atomic mass is 9.94. The van der Waals surface area contributed by atoms with E-state index >= 15 is 0 Å². The van der Waals surface area contributed by atoms with E-state index in [0.29, 0.717) is 32.6 Å². The first kappa shape index (κ1) is 28.0. The minimum absolute atomic E-state index is 0.197. The molecule has 0 radical (unpaired) electrons. The molecule has 7 heteroatoms. The SMILES string of the molecule is CC(C)(C)OC(=O)N(CCCN(C(=O)OC(C)(C)C)C1CCCCC1)Cc1ccc(CN)cc1. The number of hydrogen-bond donors (Lipinski definition) is 1.